The third-order valence-electron chi connectivity index (χ3n) is 6.75. The number of fused-ring (bicyclic) bond motifs is 1. The number of hydrogen-bond acceptors (Lipinski definition) is 5. The predicted molar refractivity (Wildman–Crippen MR) is 119 cm³/mol. The Bertz CT molecular complexity index is 1160. The first-order valence-electron chi connectivity index (χ1n) is 10.8. The quantitative estimate of drug-likeness (QED) is 0.493. The van der Waals surface area contributed by atoms with Crippen LogP contribution in [0.5, 0.6) is 0 Å². The highest BCUT2D eigenvalue weighted by Crippen LogP contribution is 2.53. The van der Waals surface area contributed by atoms with E-state index in [1.807, 2.05) is 12.1 Å². The van der Waals surface area contributed by atoms with Crippen molar-refractivity contribution in [1.82, 2.24) is 9.97 Å². The van der Waals surface area contributed by atoms with Gasteiger partial charge < -0.3 is 4.90 Å². The van der Waals surface area contributed by atoms with E-state index in [1.54, 1.807) is 6.07 Å². The Morgan fingerprint density at radius 2 is 1.91 bits per heavy atom. The maximum absolute atomic E-state index is 12.8. The topological polar surface area (TPSA) is 52.8 Å². The van der Waals surface area contributed by atoms with Crippen LogP contribution in [-0.4, -0.2) is 29.2 Å². The second-order valence-electron chi connectivity index (χ2n) is 9.22. The lowest BCUT2D eigenvalue weighted by Gasteiger charge is -2.45. The summed E-state index contributed by atoms with van der Waals surface area (Å²) < 4.78 is 38.5. The molecule has 1 saturated carbocycles. The summed E-state index contributed by atoms with van der Waals surface area (Å²) in [5.41, 5.74) is 2.65. The molecule has 1 saturated heterocycles. The molecule has 0 atom stereocenters. The minimum Gasteiger partial charge on any atom is -0.355 e. The summed E-state index contributed by atoms with van der Waals surface area (Å²) in [6, 6.07) is 12.1. The summed E-state index contributed by atoms with van der Waals surface area (Å²) in [7, 11) is 0. The van der Waals surface area contributed by atoms with Crippen molar-refractivity contribution in [2.75, 3.05) is 18.0 Å². The van der Waals surface area contributed by atoms with Crippen LogP contribution in [0, 0.1) is 22.7 Å². The largest absolute Gasteiger partial charge is 0.393 e. The monoisotopic (exact) mass is 456 g/mol. The van der Waals surface area contributed by atoms with Gasteiger partial charge in [0, 0.05) is 18.0 Å². The number of halogens is 3. The van der Waals surface area contributed by atoms with Crippen LogP contribution < -0.4 is 4.90 Å². The van der Waals surface area contributed by atoms with Gasteiger partial charge in [-0.15, -0.1) is 11.3 Å². The van der Waals surface area contributed by atoms with E-state index in [0.717, 1.165) is 54.0 Å². The predicted octanol–water partition coefficient (Wildman–Crippen LogP) is 5.71. The van der Waals surface area contributed by atoms with Crippen LogP contribution >= 0.6 is 11.3 Å². The molecule has 3 heterocycles. The number of nitrogens with zero attached hydrogens (tertiary/aromatic N) is 4. The molecule has 0 N–H and O–H groups in total. The molecule has 1 aliphatic heterocycles. The second-order valence-corrected chi connectivity index (χ2v) is 10.3. The van der Waals surface area contributed by atoms with Crippen molar-refractivity contribution < 1.29 is 13.2 Å². The minimum atomic E-state index is -4.22. The van der Waals surface area contributed by atoms with Crippen molar-refractivity contribution >= 4 is 27.4 Å². The fourth-order valence-electron chi connectivity index (χ4n) is 5.41. The van der Waals surface area contributed by atoms with Crippen LogP contribution in [0.4, 0.5) is 19.0 Å². The van der Waals surface area contributed by atoms with Crippen LogP contribution in [0.1, 0.15) is 35.3 Å². The summed E-state index contributed by atoms with van der Waals surface area (Å²) in [5.74, 6) is 1.43. The maximum Gasteiger partial charge on any atom is 0.393 e. The fraction of sp³-hybridized carbons (Fsp3) is 0.458. The summed E-state index contributed by atoms with van der Waals surface area (Å²) >= 11 is 1.11. The van der Waals surface area contributed by atoms with Crippen LogP contribution in [0.3, 0.4) is 0 Å². The smallest absolute Gasteiger partial charge is 0.355 e. The zero-order valence-electron chi connectivity index (χ0n) is 17.5. The molecule has 32 heavy (non-hydrogen) atoms. The van der Waals surface area contributed by atoms with Gasteiger partial charge in [0.2, 0.25) is 0 Å². The molecule has 5 rings (SSSR count). The number of alkyl halides is 3. The molecule has 0 unspecified atom stereocenters. The number of aromatic nitrogens is 2. The number of rotatable bonds is 5. The van der Waals surface area contributed by atoms with Gasteiger partial charge >= 0.3 is 6.18 Å². The molecule has 1 aliphatic carbocycles. The molecule has 4 nitrogen and oxygen atoms in total. The molecule has 0 bridgehead atoms. The van der Waals surface area contributed by atoms with Gasteiger partial charge in [0.1, 0.15) is 17.0 Å². The molecule has 0 radical (unpaired) electrons. The van der Waals surface area contributed by atoms with Crippen LogP contribution in [0.2, 0.25) is 0 Å². The van der Waals surface area contributed by atoms with E-state index in [9.17, 15) is 13.2 Å². The van der Waals surface area contributed by atoms with Gasteiger partial charge in [-0.1, -0.05) is 24.3 Å². The number of nitriles is 1. The van der Waals surface area contributed by atoms with Gasteiger partial charge in [-0.25, -0.2) is 9.97 Å². The zero-order valence-corrected chi connectivity index (χ0v) is 18.3. The first kappa shape index (κ1) is 21.2. The zero-order chi connectivity index (χ0) is 22.3. The van der Waals surface area contributed by atoms with E-state index in [4.69, 9.17) is 5.26 Å². The first-order valence-corrected chi connectivity index (χ1v) is 11.6. The molecular weight excluding hydrogens is 433 g/mol. The van der Waals surface area contributed by atoms with Crippen LogP contribution in [0.15, 0.2) is 36.7 Å². The van der Waals surface area contributed by atoms with E-state index in [0.29, 0.717) is 17.2 Å². The standard InChI is InChI=1S/C24H23F3N4S/c25-24(26,27)13-19-10-20-21(29-15-30-22(20)32-19)31-8-6-23(14-31)11-18(12-23)9-17-3-1-16(2-4-17)5-7-28/h1-4,10,15,18H,5-6,8-9,11-14H2. The van der Waals surface area contributed by atoms with E-state index in [1.165, 1.54) is 24.7 Å². The van der Waals surface area contributed by atoms with Crippen LogP contribution in [-0.2, 0) is 19.3 Å². The Labute approximate surface area is 188 Å². The summed E-state index contributed by atoms with van der Waals surface area (Å²) in [4.78, 5) is 11.8. The number of anilines is 1. The molecule has 8 heteroatoms. The van der Waals surface area contributed by atoms with Gasteiger partial charge in [-0.3, -0.25) is 0 Å². The van der Waals surface area contributed by atoms with Crippen molar-refractivity contribution in [2.45, 2.75) is 44.7 Å². The lowest BCUT2D eigenvalue weighted by molar-refractivity contribution is -0.126. The van der Waals surface area contributed by atoms with Gasteiger partial charge in [0.05, 0.1) is 24.3 Å². The molecule has 1 aromatic carbocycles. The molecular formula is C24H23F3N4S. The summed E-state index contributed by atoms with van der Waals surface area (Å²) in [6.07, 6.45) is 1.26. The lowest BCUT2D eigenvalue weighted by atomic mass is 9.60. The Morgan fingerprint density at radius 1 is 1.16 bits per heavy atom. The van der Waals surface area contributed by atoms with Crippen molar-refractivity contribution in [3.8, 4) is 6.07 Å². The first-order chi connectivity index (χ1) is 15.3. The van der Waals surface area contributed by atoms with Crippen molar-refractivity contribution in [2.24, 2.45) is 11.3 Å². The average molecular weight is 457 g/mol. The molecule has 2 aliphatic rings. The minimum absolute atomic E-state index is 0.285. The highest BCUT2D eigenvalue weighted by atomic mass is 32.1. The second kappa shape index (κ2) is 8.04. The molecule has 0 amide bonds. The normalized spacial score (nSPS) is 22.9. The van der Waals surface area contributed by atoms with E-state index >= 15 is 0 Å². The highest BCUT2D eigenvalue weighted by molar-refractivity contribution is 7.18. The highest BCUT2D eigenvalue weighted by Gasteiger charge is 2.48. The third-order valence-corrected chi connectivity index (χ3v) is 7.79. The summed E-state index contributed by atoms with van der Waals surface area (Å²) in [6.45, 7) is 1.79. The number of thiophene rings is 1. The molecule has 3 aromatic rings. The Morgan fingerprint density at radius 3 is 2.62 bits per heavy atom. The van der Waals surface area contributed by atoms with Crippen molar-refractivity contribution in [3.05, 3.63) is 52.7 Å². The average Bonchev–Trinajstić information content (AvgIpc) is 3.32. The molecule has 166 valence electrons. The molecule has 2 aromatic heterocycles. The molecule has 2 fully saturated rings. The number of benzene rings is 1. The van der Waals surface area contributed by atoms with Crippen LogP contribution in [0.25, 0.3) is 10.2 Å². The van der Waals surface area contributed by atoms with E-state index in [-0.39, 0.29) is 10.3 Å². The Hall–Kier alpha value is -2.66. The number of hydrogen-bond donors (Lipinski definition) is 0. The van der Waals surface area contributed by atoms with E-state index in [2.05, 4.69) is 33.1 Å². The van der Waals surface area contributed by atoms with Gasteiger partial charge in [0.25, 0.3) is 0 Å². The van der Waals surface area contributed by atoms with Gasteiger partial charge in [-0.05, 0) is 54.2 Å². The summed E-state index contributed by atoms with van der Waals surface area (Å²) in [5, 5.41) is 9.54. The lowest BCUT2D eigenvalue weighted by Crippen LogP contribution is -2.40. The van der Waals surface area contributed by atoms with E-state index < -0.39 is 12.6 Å². The van der Waals surface area contributed by atoms with Gasteiger partial charge in [0.15, 0.2) is 0 Å². The molecule has 1 spiro atoms. The third kappa shape index (κ3) is 4.31. The fourth-order valence-corrected chi connectivity index (χ4v) is 6.43. The van der Waals surface area contributed by atoms with Gasteiger partial charge in [-0.2, -0.15) is 18.4 Å². The SMILES string of the molecule is N#CCc1ccc(CC2CC3(CCN(c4ncnc5sc(CC(F)(F)F)cc45)C3)C2)cc1. The Balaban J connectivity index is 1.23. The van der Waals surface area contributed by atoms with Crippen molar-refractivity contribution in [1.29, 1.82) is 5.26 Å². The Kier molecular flexibility index (Phi) is 5.32. The van der Waals surface area contributed by atoms with Crippen molar-refractivity contribution in [3.63, 3.8) is 0 Å². The maximum atomic E-state index is 12.8.